The van der Waals surface area contributed by atoms with Crippen LogP contribution in [0.5, 0.6) is 0 Å². The molecule has 0 heterocycles. The molecule has 0 aliphatic carbocycles. The van der Waals surface area contributed by atoms with Crippen molar-refractivity contribution in [2.45, 2.75) is 25.8 Å². The Kier molecular flexibility index (Phi) is 5.02. The first-order chi connectivity index (χ1) is 7.99. The molecule has 1 aromatic rings. The molecule has 1 unspecified atom stereocenters. The quantitative estimate of drug-likeness (QED) is 0.672. The summed E-state index contributed by atoms with van der Waals surface area (Å²) in [6.45, 7) is 1.97. The fraction of sp³-hybridized carbons (Fsp3) is 0.455. The van der Waals surface area contributed by atoms with E-state index in [1.165, 1.54) is 12.1 Å². The molecule has 0 saturated carbocycles. The topological polar surface area (TPSA) is 55.2 Å². The van der Waals surface area contributed by atoms with Crippen molar-refractivity contribution < 1.29 is 9.31 Å². The molecule has 17 heavy (non-hydrogen) atoms. The van der Waals surface area contributed by atoms with Crippen LogP contribution in [-0.2, 0) is 6.42 Å². The molecule has 1 atom stereocenters. The van der Waals surface area contributed by atoms with E-state index in [1.807, 2.05) is 6.92 Å². The highest BCUT2D eigenvalue weighted by Crippen LogP contribution is 2.27. The summed E-state index contributed by atoms with van der Waals surface area (Å²) in [6.07, 6.45) is 1.26. The first-order valence-electron chi connectivity index (χ1n) is 5.29. The van der Waals surface area contributed by atoms with Crippen molar-refractivity contribution in [2.24, 2.45) is 0 Å². The maximum Gasteiger partial charge on any atom is 0.273 e. The minimum absolute atomic E-state index is 0.0491. The van der Waals surface area contributed by atoms with Gasteiger partial charge < -0.3 is 5.32 Å². The number of benzene rings is 1. The Bertz CT molecular complexity index is 422. The summed E-state index contributed by atoms with van der Waals surface area (Å²) >= 11 is 2.95. The third kappa shape index (κ3) is 3.47. The van der Waals surface area contributed by atoms with Gasteiger partial charge in [0.05, 0.1) is 9.40 Å². The van der Waals surface area contributed by atoms with Gasteiger partial charge in [0.25, 0.3) is 5.69 Å². The van der Waals surface area contributed by atoms with E-state index in [2.05, 4.69) is 21.2 Å². The zero-order valence-electron chi connectivity index (χ0n) is 9.67. The van der Waals surface area contributed by atoms with E-state index < -0.39 is 10.7 Å². The molecule has 1 aromatic carbocycles. The second-order valence-electron chi connectivity index (χ2n) is 3.75. The summed E-state index contributed by atoms with van der Waals surface area (Å²) in [5.41, 5.74) is 0.365. The number of nitrogens with one attached hydrogen (secondary N) is 1. The van der Waals surface area contributed by atoms with Crippen molar-refractivity contribution in [3.63, 3.8) is 0 Å². The summed E-state index contributed by atoms with van der Waals surface area (Å²) in [5.74, 6) is -0.475. The third-order valence-electron chi connectivity index (χ3n) is 2.69. The summed E-state index contributed by atoms with van der Waals surface area (Å²) in [5, 5.41) is 13.9. The van der Waals surface area contributed by atoms with Gasteiger partial charge in [-0.05, 0) is 41.9 Å². The van der Waals surface area contributed by atoms with Crippen LogP contribution < -0.4 is 5.32 Å². The lowest BCUT2D eigenvalue weighted by atomic mass is 10.0. The maximum atomic E-state index is 13.4. The Balaban J connectivity index is 3.12. The van der Waals surface area contributed by atoms with Gasteiger partial charge in [-0.1, -0.05) is 6.92 Å². The van der Waals surface area contributed by atoms with E-state index in [9.17, 15) is 14.5 Å². The molecule has 0 aliphatic heterocycles. The van der Waals surface area contributed by atoms with E-state index in [4.69, 9.17) is 0 Å². The second-order valence-corrected chi connectivity index (χ2v) is 4.60. The largest absolute Gasteiger partial charge is 0.317 e. The van der Waals surface area contributed by atoms with E-state index in [-0.39, 0.29) is 16.2 Å². The molecule has 4 nitrogen and oxygen atoms in total. The first kappa shape index (κ1) is 14.1. The lowest BCUT2D eigenvalue weighted by molar-refractivity contribution is -0.385. The van der Waals surface area contributed by atoms with E-state index >= 15 is 0 Å². The summed E-state index contributed by atoms with van der Waals surface area (Å²) in [4.78, 5) is 10.4. The Labute approximate surface area is 107 Å². The number of nitrogens with zero attached hydrogens (tertiary/aromatic N) is 1. The van der Waals surface area contributed by atoms with Crippen LogP contribution in [0, 0.1) is 15.9 Å². The molecular weight excluding hydrogens is 291 g/mol. The molecule has 0 amide bonds. The van der Waals surface area contributed by atoms with E-state index in [0.717, 1.165) is 6.42 Å². The number of nitro benzene ring substituents is 1. The molecule has 0 bridgehead atoms. The minimum atomic E-state index is -0.484. The lowest BCUT2D eigenvalue weighted by Crippen LogP contribution is -2.26. The van der Waals surface area contributed by atoms with Crippen molar-refractivity contribution in [3.05, 3.63) is 38.1 Å². The number of nitro groups is 1. The van der Waals surface area contributed by atoms with Crippen molar-refractivity contribution in [2.75, 3.05) is 7.05 Å². The Morgan fingerprint density at radius 2 is 2.24 bits per heavy atom. The summed E-state index contributed by atoms with van der Waals surface area (Å²) < 4.78 is 13.5. The zero-order chi connectivity index (χ0) is 13.0. The van der Waals surface area contributed by atoms with Crippen LogP contribution in [-0.4, -0.2) is 18.0 Å². The second kappa shape index (κ2) is 6.07. The number of hydrogen-bond acceptors (Lipinski definition) is 3. The molecule has 0 aromatic heterocycles. The molecule has 94 valence electrons. The Morgan fingerprint density at radius 1 is 1.59 bits per heavy atom. The number of rotatable bonds is 5. The molecule has 6 heteroatoms. The molecule has 0 aliphatic rings. The first-order valence-corrected chi connectivity index (χ1v) is 6.08. The standard InChI is InChI=1S/C11H14BrFN2O2/c1-3-8(14-2)4-7-5-10(13)9(12)6-11(7)15(16)17/h5-6,8,14H,3-4H2,1-2H3. The smallest absolute Gasteiger partial charge is 0.273 e. The minimum Gasteiger partial charge on any atom is -0.317 e. The van der Waals surface area contributed by atoms with Gasteiger partial charge in [-0.15, -0.1) is 0 Å². The van der Waals surface area contributed by atoms with Crippen molar-refractivity contribution in [1.82, 2.24) is 5.32 Å². The van der Waals surface area contributed by atoms with Crippen molar-refractivity contribution in [3.8, 4) is 0 Å². The van der Waals surface area contributed by atoms with Gasteiger partial charge in [0.2, 0.25) is 0 Å². The molecule has 0 radical (unpaired) electrons. The van der Waals surface area contributed by atoms with Crippen LogP contribution in [0.25, 0.3) is 0 Å². The summed E-state index contributed by atoms with van der Waals surface area (Å²) in [6, 6.07) is 2.55. The number of likely N-dealkylation sites (N-methyl/N-ethyl adjacent to an activating group) is 1. The predicted octanol–water partition coefficient (Wildman–Crippen LogP) is 3.04. The molecule has 0 fully saturated rings. The molecule has 1 rings (SSSR count). The molecular formula is C11H14BrFN2O2. The Hall–Kier alpha value is -1.01. The molecule has 0 spiro atoms. The fourth-order valence-corrected chi connectivity index (χ4v) is 1.96. The third-order valence-corrected chi connectivity index (χ3v) is 3.29. The SMILES string of the molecule is CCC(Cc1cc(F)c(Br)cc1[N+](=O)[O-])NC. The molecule has 0 saturated heterocycles. The van der Waals surface area contributed by atoms with E-state index in [1.54, 1.807) is 7.05 Å². The Morgan fingerprint density at radius 3 is 2.71 bits per heavy atom. The normalized spacial score (nSPS) is 12.5. The maximum absolute atomic E-state index is 13.4. The fourth-order valence-electron chi connectivity index (χ4n) is 1.63. The highest BCUT2D eigenvalue weighted by molar-refractivity contribution is 9.10. The van der Waals surface area contributed by atoms with Crippen LogP contribution in [0.4, 0.5) is 10.1 Å². The van der Waals surface area contributed by atoms with Gasteiger partial charge in [0.15, 0.2) is 0 Å². The highest BCUT2D eigenvalue weighted by atomic mass is 79.9. The van der Waals surface area contributed by atoms with Crippen LogP contribution in [0.1, 0.15) is 18.9 Å². The van der Waals surface area contributed by atoms with Gasteiger partial charge >= 0.3 is 0 Å². The van der Waals surface area contributed by atoms with Gasteiger partial charge in [-0.2, -0.15) is 0 Å². The van der Waals surface area contributed by atoms with Crippen LogP contribution in [0.2, 0.25) is 0 Å². The van der Waals surface area contributed by atoms with Gasteiger partial charge in [0, 0.05) is 17.7 Å². The average Bonchev–Trinajstić information content (AvgIpc) is 2.29. The lowest BCUT2D eigenvalue weighted by Gasteiger charge is -2.14. The van der Waals surface area contributed by atoms with Crippen molar-refractivity contribution >= 4 is 21.6 Å². The van der Waals surface area contributed by atoms with Gasteiger partial charge in [0.1, 0.15) is 5.82 Å². The van der Waals surface area contributed by atoms with Crippen molar-refractivity contribution in [1.29, 1.82) is 0 Å². The predicted molar refractivity (Wildman–Crippen MR) is 67.6 cm³/mol. The number of halogens is 2. The monoisotopic (exact) mass is 304 g/mol. The zero-order valence-corrected chi connectivity index (χ0v) is 11.3. The summed E-state index contributed by atoms with van der Waals surface area (Å²) in [7, 11) is 1.79. The molecule has 1 N–H and O–H groups in total. The number of hydrogen-bond donors (Lipinski definition) is 1. The average molecular weight is 305 g/mol. The van der Waals surface area contributed by atoms with Crippen LogP contribution in [0.3, 0.4) is 0 Å². The van der Waals surface area contributed by atoms with Crippen LogP contribution >= 0.6 is 15.9 Å². The highest BCUT2D eigenvalue weighted by Gasteiger charge is 2.19. The van der Waals surface area contributed by atoms with E-state index in [0.29, 0.717) is 12.0 Å². The van der Waals surface area contributed by atoms with Gasteiger partial charge in [-0.3, -0.25) is 10.1 Å². The van der Waals surface area contributed by atoms with Crippen LogP contribution in [0.15, 0.2) is 16.6 Å². The van der Waals surface area contributed by atoms with Gasteiger partial charge in [-0.25, -0.2) is 4.39 Å².